The highest BCUT2D eigenvalue weighted by Crippen LogP contribution is 2.32. The maximum Gasteiger partial charge on any atom is 0.433 e. The van der Waals surface area contributed by atoms with E-state index in [9.17, 15) is 13.2 Å². The fraction of sp³-hybridized carbons (Fsp3) is 0.0588. The van der Waals surface area contributed by atoms with Crippen molar-refractivity contribution in [2.75, 3.05) is 0 Å². The van der Waals surface area contributed by atoms with E-state index in [1.54, 1.807) is 18.3 Å². The van der Waals surface area contributed by atoms with Gasteiger partial charge in [-0.3, -0.25) is 10.1 Å². The van der Waals surface area contributed by atoms with Gasteiger partial charge in [-0.05, 0) is 46.3 Å². The third-order valence-corrected chi connectivity index (χ3v) is 4.15. The monoisotopic (exact) mass is 419 g/mol. The number of hydrogen-bond donors (Lipinski definition) is 1. The van der Waals surface area contributed by atoms with E-state index in [4.69, 9.17) is 0 Å². The zero-order chi connectivity index (χ0) is 18.3. The maximum absolute atomic E-state index is 12.9. The Morgan fingerprint density at radius 3 is 2.58 bits per heavy atom. The summed E-state index contributed by atoms with van der Waals surface area (Å²) in [5.41, 5.74) is 2.02. The van der Waals surface area contributed by atoms with E-state index in [-0.39, 0.29) is 5.69 Å². The highest BCUT2D eigenvalue weighted by molar-refractivity contribution is 9.10. The number of fused-ring (bicyclic) bond motifs is 1. The van der Waals surface area contributed by atoms with Crippen LogP contribution in [-0.4, -0.2) is 25.1 Å². The number of alkyl halides is 3. The van der Waals surface area contributed by atoms with E-state index < -0.39 is 11.9 Å². The first-order chi connectivity index (χ1) is 12.4. The third kappa shape index (κ3) is 3.05. The van der Waals surface area contributed by atoms with Crippen LogP contribution in [0, 0.1) is 0 Å². The minimum Gasteiger partial charge on any atom is -0.276 e. The molecule has 0 aliphatic carbocycles. The van der Waals surface area contributed by atoms with Gasteiger partial charge in [-0.2, -0.15) is 18.3 Å². The van der Waals surface area contributed by atoms with Crippen LogP contribution in [0.3, 0.4) is 0 Å². The van der Waals surface area contributed by atoms with Crippen molar-refractivity contribution in [3.8, 4) is 22.6 Å². The standard InChI is InChI=1S/C17H9BrF3N5/c18-9-6-14-12(22-7-9)5-4-11(24-14)10-8-23-26-16(10)13-2-1-3-15(25-13)17(19,20)21/h1-8H,(H,23,26). The van der Waals surface area contributed by atoms with E-state index in [1.165, 1.54) is 18.3 Å². The number of H-pyrrole nitrogens is 1. The predicted octanol–water partition coefficient (Wildman–Crippen LogP) is 4.86. The predicted molar refractivity (Wildman–Crippen MR) is 93.1 cm³/mol. The molecular formula is C17H9BrF3N5. The van der Waals surface area contributed by atoms with Crippen molar-refractivity contribution in [1.82, 2.24) is 25.1 Å². The SMILES string of the molecule is FC(F)(F)c1cccc(-c2[nH]ncc2-c2ccc3ncc(Br)cc3n2)n1. The van der Waals surface area contributed by atoms with Crippen LogP contribution in [0.5, 0.6) is 0 Å². The molecule has 1 N–H and O–H groups in total. The lowest BCUT2D eigenvalue weighted by molar-refractivity contribution is -0.141. The van der Waals surface area contributed by atoms with Crippen LogP contribution >= 0.6 is 15.9 Å². The van der Waals surface area contributed by atoms with Crippen LogP contribution in [0.2, 0.25) is 0 Å². The summed E-state index contributed by atoms with van der Waals surface area (Å²) in [6.45, 7) is 0. The largest absolute Gasteiger partial charge is 0.433 e. The van der Waals surface area contributed by atoms with Crippen molar-refractivity contribution in [3.63, 3.8) is 0 Å². The molecule has 9 heteroatoms. The van der Waals surface area contributed by atoms with E-state index in [0.717, 1.165) is 10.5 Å². The molecule has 4 rings (SSSR count). The lowest BCUT2D eigenvalue weighted by atomic mass is 10.1. The van der Waals surface area contributed by atoms with Crippen molar-refractivity contribution in [3.05, 3.63) is 59.0 Å². The molecule has 130 valence electrons. The molecule has 0 bridgehead atoms. The molecule has 4 heterocycles. The van der Waals surface area contributed by atoms with E-state index in [1.807, 2.05) is 6.07 Å². The van der Waals surface area contributed by atoms with Crippen molar-refractivity contribution < 1.29 is 13.2 Å². The van der Waals surface area contributed by atoms with Crippen molar-refractivity contribution in [2.45, 2.75) is 6.18 Å². The number of nitrogens with one attached hydrogen (secondary N) is 1. The van der Waals surface area contributed by atoms with Gasteiger partial charge in [0.25, 0.3) is 0 Å². The molecule has 26 heavy (non-hydrogen) atoms. The maximum atomic E-state index is 12.9. The van der Waals surface area contributed by atoms with Crippen LogP contribution < -0.4 is 0 Å². The van der Waals surface area contributed by atoms with Gasteiger partial charge in [0, 0.05) is 16.2 Å². The number of rotatable bonds is 2. The Balaban J connectivity index is 1.83. The number of pyridine rings is 3. The molecule has 0 saturated heterocycles. The van der Waals surface area contributed by atoms with E-state index in [2.05, 4.69) is 41.1 Å². The molecule has 0 saturated carbocycles. The molecule has 0 aliphatic heterocycles. The van der Waals surface area contributed by atoms with Gasteiger partial charge in [0.2, 0.25) is 0 Å². The smallest absolute Gasteiger partial charge is 0.276 e. The zero-order valence-electron chi connectivity index (χ0n) is 12.9. The topological polar surface area (TPSA) is 67.3 Å². The molecule has 0 aliphatic rings. The normalized spacial score (nSPS) is 11.8. The molecule has 0 unspecified atom stereocenters. The van der Waals surface area contributed by atoms with E-state index >= 15 is 0 Å². The summed E-state index contributed by atoms with van der Waals surface area (Å²) in [5, 5.41) is 6.67. The highest BCUT2D eigenvalue weighted by Gasteiger charge is 2.32. The Bertz CT molecular complexity index is 1110. The Labute approximate surface area is 153 Å². The first-order valence-electron chi connectivity index (χ1n) is 7.42. The lowest BCUT2D eigenvalue weighted by Crippen LogP contribution is -2.08. The van der Waals surface area contributed by atoms with Crippen LogP contribution in [0.25, 0.3) is 33.7 Å². The molecule has 0 aromatic carbocycles. The number of aromatic nitrogens is 5. The summed E-state index contributed by atoms with van der Waals surface area (Å²) in [4.78, 5) is 12.5. The molecular weight excluding hydrogens is 411 g/mol. The minimum atomic E-state index is -4.52. The molecule has 4 aromatic heterocycles. The summed E-state index contributed by atoms with van der Waals surface area (Å²) < 4.78 is 39.6. The Hall–Kier alpha value is -2.81. The average molecular weight is 420 g/mol. The van der Waals surface area contributed by atoms with Gasteiger partial charge in [0.15, 0.2) is 0 Å². The van der Waals surface area contributed by atoms with Crippen LogP contribution in [0.4, 0.5) is 13.2 Å². The fourth-order valence-electron chi connectivity index (χ4n) is 2.54. The fourth-order valence-corrected chi connectivity index (χ4v) is 2.86. The van der Waals surface area contributed by atoms with Gasteiger partial charge in [-0.1, -0.05) is 6.07 Å². The third-order valence-electron chi connectivity index (χ3n) is 3.71. The van der Waals surface area contributed by atoms with Gasteiger partial charge in [0.1, 0.15) is 5.69 Å². The molecule has 5 nitrogen and oxygen atoms in total. The lowest BCUT2D eigenvalue weighted by Gasteiger charge is -2.08. The van der Waals surface area contributed by atoms with Crippen LogP contribution in [-0.2, 0) is 6.18 Å². The Morgan fingerprint density at radius 1 is 0.923 bits per heavy atom. The van der Waals surface area contributed by atoms with Crippen LogP contribution in [0.15, 0.2) is 53.3 Å². The van der Waals surface area contributed by atoms with Crippen molar-refractivity contribution in [2.24, 2.45) is 0 Å². The van der Waals surface area contributed by atoms with Gasteiger partial charge in [0.05, 0.1) is 34.3 Å². The molecule has 0 spiro atoms. The van der Waals surface area contributed by atoms with Gasteiger partial charge >= 0.3 is 6.18 Å². The second-order valence-corrected chi connectivity index (χ2v) is 6.37. The minimum absolute atomic E-state index is 0.140. The number of hydrogen-bond acceptors (Lipinski definition) is 4. The number of nitrogens with zero attached hydrogens (tertiary/aromatic N) is 4. The first kappa shape index (κ1) is 16.6. The number of aromatic amines is 1. The molecule has 0 amide bonds. The van der Waals surface area contributed by atoms with Crippen LogP contribution in [0.1, 0.15) is 5.69 Å². The average Bonchev–Trinajstić information content (AvgIpc) is 3.10. The summed E-state index contributed by atoms with van der Waals surface area (Å²) in [5.74, 6) is 0. The quantitative estimate of drug-likeness (QED) is 0.503. The van der Waals surface area contributed by atoms with E-state index in [0.29, 0.717) is 28.0 Å². The first-order valence-corrected chi connectivity index (χ1v) is 8.22. The highest BCUT2D eigenvalue weighted by atomic mass is 79.9. The summed E-state index contributed by atoms with van der Waals surface area (Å²) in [7, 11) is 0. The van der Waals surface area contributed by atoms with Gasteiger partial charge in [-0.15, -0.1) is 0 Å². The zero-order valence-corrected chi connectivity index (χ0v) is 14.5. The van der Waals surface area contributed by atoms with Crippen molar-refractivity contribution >= 4 is 27.0 Å². The number of halogens is 4. The second-order valence-electron chi connectivity index (χ2n) is 5.45. The Kier molecular flexibility index (Phi) is 3.95. The molecule has 0 radical (unpaired) electrons. The van der Waals surface area contributed by atoms with Gasteiger partial charge in [-0.25, -0.2) is 9.97 Å². The molecule has 0 atom stereocenters. The van der Waals surface area contributed by atoms with Gasteiger partial charge < -0.3 is 0 Å². The van der Waals surface area contributed by atoms with Crippen molar-refractivity contribution in [1.29, 1.82) is 0 Å². The summed E-state index contributed by atoms with van der Waals surface area (Å²) in [6.07, 6.45) is -1.34. The Morgan fingerprint density at radius 2 is 1.77 bits per heavy atom. The summed E-state index contributed by atoms with van der Waals surface area (Å²) >= 11 is 3.35. The summed E-state index contributed by atoms with van der Waals surface area (Å²) in [6, 6.07) is 9.08. The second kappa shape index (κ2) is 6.17. The molecule has 4 aromatic rings. The molecule has 0 fully saturated rings.